The molecule has 52 heavy (non-hydrogen) atoms. The van der Waals surface area contributed by atoms with Crippen LogP contribution in [0.25, 0.3) is 6.08 Å². The molecule has 0 N–H and O–H groups in total. The van der Waals surface area contributed by atoms with Crippen molar-refractivity contribution in [3.63, 3.8) is 0 Å². The van der Waals surface area contributed by atoms with Crippen LogP contribution in [0.4, 0.5) is 57.1 Å². The minimum Gasteiger partial charge on any atom is -0.376 e. The first kappa shape index (κ1) is 43.3. The molecule has 284 valence electrons. The molecule has 2 amide bonds. The zero-order valence-corrected chi connectivity index (χ0v) is 27.7. The highest BCUT2D eigenvalue weighted by Gasteiger charge is 2.38. The summed E-state index contributed by atoms with van der Waals surface area (Å²) < 4.78 is 175. The molecule has 0 bridgehead atoms. The maximum atomic E-state index is 13.7. The Morgan fingerprint density at radius 1 is 0.692 bits per heavy atom. The van der Waals surface area contributed by atoms with Crippen LogP contribution in [0, 0.1) is 11.7 Å². The lowest BCUT2D eigenvalue weighted by molar-refractivity contribution is -0.144. The third-order valence-electron chi connectivity index (χ3n) is 6.99. The molecule has 0 aliphatic heterocycles. The van der Waals surface area contributed by atoms with Gasteiger partial charge in [-0.2, -0.15) is 52.7 Å². The molecule has 17 heteroatoms. The van der Waals surface area contributed by atoms with Gasteiger partial charge in [0, 0.05) is 31.3 Å². The first-order valence-electron chi connectivity index (χ1n) is 15.1. The molecule has 1 unspecified atom stereocenters. The van der Waals surface area contributed by atoms with Gasteiger partial charge in [0.15, 0.2) is 0 Å². The van der Waals surface area contributed by atoms with Crippen molar-refractivity contribution in [1.82, 2.24) is 9.80 Å². The Balaban J connectivity index is 0.00000460. The van der Waals surface area contributed by atoms with Gasteiger partial charge in [-0.25, -0.2) is 4.39 Å². The highest BCUT2D eigenvalue weighted by atomic mass is 19.4. The Morgan fingerprint density at radius 3 is 1.50 bits per heavy atom. The topological polar surface area (TPSA) is 40.6 Å². The minimum absolute atomic E-state index is 0.0898. The normalized spacial score (nSPS) is 13.4. The second-order valence-corrected chi connectivity index (χ2v) is 11.1. The molecule has 0 fully saturated rings. The minimum atomic E-state index is -5.24. The molecule has 0 aliphatic rings. The van der Waals surface area contributed by atoms with Crippen LogP contribution in [0.5, 0.6) is 0 Å². The number of nitrogens with zero attached hydrogens (tertiary/aromatic N) is 2. The van der Waals surface area contributed by atoms with Gasteiger partial charge in [0.2, 0.25) is 6.41 Å². The number of carbonyl (C=O) groups is 2. The fourth-order valence-electron chi connectivity index (χ4n) is 4.65. The van der Waals surface area contributed by atoms with Gasteiger partial charge in [-0.15, -0.1) is 0 Å². The van der Waals surface area contributed by atoms with Crippen LogP contribution in [0.15, 0.2) is 78.5 Å². The lowest BCUT2D eigenvalue weighted by Gasteiger charge is -2.24. The highest BCUT2D eigenvalue weighted by molar-refractivity contribution is 5.99. The predicted molar refractivity (Wildman–Crippen MR) is 165 cm³/mol. The summed E-state index contributed by atoms with van der Waals surface area (Å²) in [4.78, 5) is 27.0. The van der Waals surface area contributed by atoms with Crippen molar-refractivity contribution in [2.75, 3.05) is 7.05 Å². The summed E-state index contributed by atoms with van der Waals surface area (Å²) in [6, 6.07) is 6.26. The Hall–Kier alpha value is -4.83. The summed E-state index contributed by atoms with van der Waals surface area (Å²) in [7, 11) is 1.15. The van der Waals surface area contributed by atoms with Crippen LogP contribution in [0.2, 0.25) is 0 Å². The van der Waals surface area contributed by atoms with Crippen molar-refractivity contribution in [2.24, 2.45) is 5.92 Å². The molecule has 3 rings (SSSR count). The maximum Gasteiger partial charge on any atom is 0.416 e. The number of hydrogen-bond acceptors (Lipinski definition) is 3. The molecular weight excluding hydrogens is 727 g/mol. The Labute approximate surface area is 289 Å². The lowest BCUT2D eigenvalue weighted by atomic mass is 9.98. The van der Waals surface area contributed by atoms with Crippen molar-refractivity contribution in [3.05, 3.63) is 123 Å². The van der Waals surface area contributed by atoms with E-state index < -0.39 is 94.4 Å². The fourth-order valence-corrected chi connectivity index (χ4v) is 4.65. The van der Waals surface area contributed by atoms with E-state index in [2.05, 4.69) is 0 Å². The Kier molecular flexibility index (Phi) is 14.3. The second kappa shape index (κ2) is 17.1. The van der Waals surface area contributed by atoms with Crippen molar-refractivity contribution < 1.29 is 66.7 Å². The van der Waals surface area contributed by atoms with Gasteiger partial charge in [0.1, 0.15) is 5.82 Å². The molecule has 0 saturated carbocycles. The van der Waals surface area contributed by atoms with E-state index in [1.807, 2.05) is 13.8 Å². The molecule has 0 saturated heterocycles. The first-order chi connectivity index (χ1) is 23.9. The van der Waals surface area contributed by atoms with Gasteiger partial charge in [0.05, 0.1) is 28.8 Å². The van der Waals surface area contributed by atoms with Crippen molar-refractivity contribution >= 4 is 18.4 Å². The van der Waals surface area contributed by atoms with Crippen LogP contribution in [-0.4, -0.2) is 29.2 Å². The summed E-state index contributed by atoms with van der Waals surface area (Å²) in [6.07, 6.45) is -17.4. The number of allylic oxidation sites excluding steroid dienone is 1. The van der Waals surface area contributed by atoms with E-state index in [9.17, 15) is 66.7 Å². The number of halogens is 13. The summed E-state index contributed by atoms with van der Waals surface area (Å²) in [5.74, 6) is -3.01. The molecule has 0 radical (unpaired) electrons. The number of alkyl halides is 12. The predicted octanol–water partition coefficient (Wildman–Crippen LogP) is 10.8. The summed E-state index contributed by atoms with van der Waals surface area (Å²) >= 11 is 0. The molecule has 0 aliphatic carbocycles. The van der Waals surface area contributed by atoms with Gasteiger partial charge in [0.25, 0.3) is 5.91 Å². The SMILES string of the molecule is CC.CC(/C=C/c1cccc(F)c1)/C(=C/N(C)Cc1cc(C(F)(F)F)cc(C(F)(F)F)c1)C(=O)N(C=O)Cc1cc(C(F)(F)F)cc(C(F)(F)F)c1. The summed E-state index contributed by atoms with van der Waals surface area (Å²) in [5, 5.41) is 0. The van der Waals surface area contributed by atoms with Gasteiger partial charge in [-0.05, 0) is 65.2 Å². The highest BCUT2D eigenvalue weighted by Crippen LogP contribution is 2.38. The van der Waals surface area contributed by atoms with Crippen molar-refractivity contribution in [1.29, 1.82) is 0 Å². The number of amides is 2. The zero-order chi connectivity index (χ0) is 39.8. The van der Waals surface area contributed by atoms with Gasteiger partial charge in [-0.1, -0.05) is 45.1 Å². The summed E-state index contributed by atoms with van der Waals surface area (Å²) in [5.41, 5.74) is -8.07. The zero-order valence-electron chi connectivity index (χ0n) is 27.7. The van der Waals surface area contributed by atoms with Gasteiger partial charge >= 0.3 is 24.7 Å². The molecule has 4 nitrogen and oxygen atoms in total. The number of hydrogen-bond donors (Lipinski definition) is 0. The smallest absolute Gasteiger partial charge is 0.376 e. The van der Waals surface area contributed by atoms with Crippen molar-refractivity contribution in [3.8, 4) is 0 Å². The number of imide groups is 1. The molecule has 3 aromatic rings. The number of benzene rings is 3. The van der Waals surface area contributed by atoms with Crippen LogP contribution in [0.1, 0.15) is 59.7 Å². The van der Waals surface area contributed by atoms with E-state index in [0.717, 1.165) is 30.3 Å². The molecule has 0 spiro atoms. The van der Waals surface area contributed by atoms with E-state index in [-0.39, 0.29) is 29.0 Å². The van der Waals surface area contributed by atoms with Gasteiger partial charge < -0.3 is 4.90 Å². The Bertz CT molecular complexity index is 1690. The average Bonchev–Trinajstić information content (AvgIpc) is 3.03. The molecule has 1 atom stereocenters. The lowest BCUT2D eigenvalue weighted by Crippen LogP contribution is -2.33. The first-order valence-corrected chi connectivity index (χ1v) is 15.1. The van der Waals surface area contributed by atoms with E-state index in [0.29, 0.717) is 24.3 Å². The third kappa shape index (κ3) is 12.4. The number of carbonyl (C=O) groups excluding carboxylic acids is 2. The van der Waals surface area contributed by atoms with E-state index >= 15 is 0 Å². The van der Waals surface area contributed by atoms with E-state index in [1.165, 1.54) is 31.2 Å². The van der Waals surface area contributed by atoms with Crippen LogP contribution in [-0.2, 0) is 47.4 Å². The molecular formula is C35H31F13N2O2. The largest absolute Gasteiger partial charge is 0.416 e. The quantitative estimate of drug-likeness (QED) is 0.117. The number of rotatable bonds is 10. The molecule has 0 heterocycles. The van der Waals surface area contributed by atoms with Crippen LogP contribution >= 0.6 is 0 Å². The standard InChI is InChI=1S/C33H25F13N2O2.C2H6/c1-19(6-7-20-4-3-5-27(34)12-20)28(17-47(2)15-21-8-23(30(35,36)37)13-24(9-21)31(38,39)40)29(50)48(18-49)16-22-10-25(32(41,42)43)14-26(11-22)33(44,45)46;1-2/h3-14,17-19H,15-16H2,1-2H3;1-2H3/b7-6+,28-17-;. The van der Waals surface area contributed by atoms with Gasteiger partial charge in [-0.3, -0.25) is 14.5 Å². The average molecular weight is 759 g/mol. The summed E-state index contributed by atoms with van der Waals surface area (Å²) in [6.45, 7) is 3.57. The van der Waals surface area contributed by atoms with E-state index in [4.69, 9.17) is 0 Å². The Morgan fingerprint density at radius 2 is 1.12 bits per heavy atom. The van der Waals surface area contributed by atoms with E-state index in [1.54, 1.807) is 0 Å². The van der Waals surface area contributed by atoms with Crippen molar-refractivity contribution in [2.45, 2.75) is 58.6 Å². The van der Waals surface area contributed by atoms with Crippen LogP contribution < -0.4 is 0 Å². The monoisotopic (exact) mass is 758 g/mol. The molecule has 0 aromatic heterocycles. The van der Waals surface area contributed by atoms with Crippen LogP contribution in [0.3, 0.4) is 0 Å². The fraction of sp³-hybridized carbons (Fsp3) is 0.314. The maximum absolute atomic E-state index is 13.7. The third-order valence-corrected chi connectivity index (χ3v) is 6.99. The second-order valence-electron chi connectivity index (χ2n) is 11.1. The molecule has 3 aromatic carbocycles.